The summed E-state index contributed by atoms with van der Waals surface area (Å²) in [4.78, 5) is 10.3. The van der Waals surface area contributed by atoms with E-state index in [1.54, 1.807) is 12.1 Å². The molecule has 0 aromatic heterocycles. The summed E-state index contributed by atoms with van der Waals surface area (Å²) in [6, 6.07) is 8.10. The van der Waals surface area contributed by atoms with Crippen LogP contribution < -0.4 is 0 Å². The van der Waals surface area contributed by atoms with Crippen LogP contribution in [-0.4, -0.2) is 16.3 Å². The van der Waals surface area contributed by atoms with E-state index in [9.17, 15) is 4.79 Å². The third-order valence-corrected chi connectivity index (χ3v) is 3.25. The molecule has 0 aliphatic heterocycles. The number of rotatable bonds is 8. The van der Waals surface area contributed by atoms with E-state index < -0.39 is 5.97 Å². The monoisotopic (exact) mass is 254 g/mol. The molecular formula is C14H20O2S. The zero-order valence-electron chi connectivity index (χ0n) is 10.9. The van der Waals surface area contributed by atoms with E-state index in [0.29, 0.717) is 11.3 Å². The van der Waals surface area contributed by atoms with Crippen LogP contribution in [0.4, 0.5) is 0 Å². The zero-order valence-corrected chi connectivity index (χ0v) is 10.8. The Kier molecular flexibility index (Phi) is 6.01. The second-order valence-electron chi connectivity index (χ2n) is 4.24. The molecule has 0 fully saturated rings. The van der Waals surface area contributed by atoms with Gasteiger partial charge in [-0.05, 0) is 31.2 Å². The van der Waals surface area contributed by atoms with Crippen molar-refractivity contribution in [2.75, 3.05) is 0 Å². The SMILES string of the molecule is [3H]c1ccc(CCC(S)CCCCC(=O)O)cc1. The molecule has 3 heteroatoms. The first kappa shape index (κ1) is 12.5. The lowest BCUT2D eigenvalue weighted by molar-refractivity contribution is -0.137. The van der Waals surface area contributed by atoms with Crippen molar-refractivity contribution in [3.8, 4) is 0 Å². The smallest absolute Gasteiger partial charge is 0.303 e. The molecule has 0 radical (unpaired) electrons. The topological polar surface area (TPSA) is 37.3 Å². The molecule has 0 spiro atoms. The summed E-state index contributed by atoms with van der Waals surface area (Å²) < 4.78 is 7.39. The number of carbonyl (C=O) groups is 1. The van der Waals surface area contributed by atoms with Crippen molar-refractivity contribution >= 4 is 18.6 Å². The molecule has 0 aliphatic carbocycles. The lowest BCUT2D eigenvalue weighted by Gasteiger charge is -2.09. The fourth-order valence-corrected chi connectivity index (χ4v) is 2.03. The molecule has 17 heavy (non-hydrogen) atoms. The van der Waals surface area contributed by atoms with Crippen LogP contribution in [0.15, 0.2) is 30.3 Å². The number of carboxylic acids is 1. The molecule has 1 atom stereocenters. The minimum absolute atomic E-state index is 0.255. The Morgan fingerprint density at radius 3 is 2.71 bits per heavy atom. The highest BCUT2D eigenvalue weighted by Crippen LogP contribution is 2.15. The first-order valence-corrected chi connectivity index (χ1v) is 6.55. The summed E-state index contributed by atoms with van der Waals surface area (Å²) in [5, 5.41) is 8.85. The molecule has 0 saturated carbocycles. The molecule has 94 valence electrons. The Hall–Kier alpha value is -0.960. The van der Waals surface area contributed by atoms with E-state index in [-0.39, 0.29) is 6.42 Å². The van der Waals surface area contributed by atoms with Gasteiger partial charge in [-0.2, -0.15) is 12.6 Å². The first-order chi connectivity index (χ1) is 8.58. The van der Waals surface area contributed by atoms with Gasteiger partial charge in [0.15, 0.2) is 0 Å². The van der Waals surface area contributed by atoms with Crippen LogP contribution >= 0.6 is 12.6 Å². The van der Waals surface area contributed by atoms with E-state index in [2.05, 4.69) is 12.6 Å². The zero-order chi connectivity index (χ0) is 13.4. The number of aryl methyl sites for hydroxylation is 1. The lowest BCUT2D eigenvalue weighted by Crippen LogP contribution is -2.02. The van der Waals surface area contributed by atoms with Crippen molar-refractivity contribution in [1.82, 2.24) is 0 Å². The van der Waals surface area contributed by atoms with Crippen LogP contribution in [0.25, 0.3) is 0 Å². The van der Waals surface area contributed by atoms with Crippen molar-refractivity contribution in [2.45, 2.75) is 43.8 Å². The van der Waals surface area contributed by atoms with Gasteiger partial charge in [0.05, 0.1) is 1.37 Å². The standard InChI is InChI=1S/C14H20O2S/c15-14(16)9-5-4-8-13(17)11-10-12-6-2-1-3-7-12/h1-3,6-7,13,17H,4-5,8-11H2,(H,15,16)/i1T. The van der Waals surface area contributed by atoms with Crippen molar-refractivity contribution in [1.29, 1.82) is 0 Å². The maximum absolute atomic E-state index is 10.3. The molecule has 2 nitrogen and oxygen atoms in total. The molecule has 0 bridgehead atoms. The fraction of sp³-hybridized carbons (Fsp3) is 0.500. The normalized spacial score (nSPS) is 13.1. The summed E-state index contributed by atoms with van der Waals surface area (Å²) in [6.07, 6.45) is 4.84. The van der Waals surface area contributed by atoms with E-state index in [1.165, 1.54) is 5.56 Å². The number of aliphatic carboxylic acids is 1. The molecule has 0 saturated heterocycles. The van der Waals surface area contributed by atoms with Gasteiger partial charge in [-0.3, -0.25) is 4.79 Å². The van der Waals surface area contributed by atoms with Crippen molar-refractivity contribution in [3.05, 3.63) is 35.9 Å². The molecule has 0 aliphatic rings. The average Bonchev–Trinajstić information content (AvgIpc) is 2.34. The number of hydrogen-bond donors (Lipinski definition) is 2. The maximum Gasteiger partial charge on any atom is 0.303 e. The minimum atomic E-state index is -0.721. The summed E-state index contributed by atoms with van der Waals surface area (Å²) in [7, 11) is 0. The Morgan fingerprint density at radius 2 is 2.06 bits per heavy atom. The fourth-order valence-electron chi connectivity index (χ4n) is 1.72. The number of benzene rings is 1. The predicted octanol–water partition coefficient (Wildman–Crippen LogP) is 3.56. The minimum Gasteiger partial charge on any atom is -0.481 e. The Labute approximate surface area is 110 Å². The summed E-state index contributed by atoms with van der Waals surface area (Å²) in [5.74, 6) is -0.721. The molecule has 1 rings (SSSR count). The van der Waals surface area contributed by atoms with E-state index in [0.717, 1.165) is 32.1 Å². The first-order valence-electron chi connectivity index (χ1n) is 6.53. The Morgan fingerprint density at radius 1 is 1.35 bits per heavy atom. The number of carboxylic acid groups (broad SMARTS) is 1. The third-order valence-electron chi connectivity index (χ3n) is 2.73. The van der Waals surface area contributed by atoms with Crippen LogP contribution in [0.2, 0.25) is 0 Å². The van der Waals surface area contributed by atoms with Gasteiger partial charge in [0.25, 0.3) is 0 Å². The van der Waals surface area contributed by atoms with Crippen LogP contribution in [0.3, 0.4) is 0 Å². The van der Waals surface area contributed by atoms with E-state index in [1.807, 2.05) is 12.1 Å². The lowest BCUT2D eigenvalue weighted by atomic mass is 10.0. The molecule has 1 aromatic rings. The van der Waals surface area contributed by atoms with Gasteiger partial charge in [-0.1, -0.05) is 36.7 Å². The van der Waals surface area contributed by atoms with Crippen LogP contribution in [-0.2, 0) is 11.2 Å². The maximum atomic E-state index is 10.3. The van der Waals surface area contributed by atoms with Gasteiger partial charge < -0.3 is 5.11 Å². The third kappa shape index (κ3) is 7.05. The molecular weight excluding hydrogens is 232 g/mol. The molecule has 1 N–H and O–H groups in total. The second kappa shape index (κ2) is 8.18. The highest BCUT2D eigenvalue weighted by Gasteiger charge is 2.04. The predicted molar refractivity (Wildman–Crippen MR) is 73.6 cm³/mol. The molecule has 1 aromatic carbocycles. The number of hydrogen-bond acceptors (Lipinski definition) is 2. The van der Waals surface area contributed by atoms with Gasteiger partial charge in [0.2, 0.25) is 0 Å². The van der Waals surface area contributed by atoms with Gasteiger partial charge in [0, 0.05) is 11.7 Å². The Balaban J connectivity index is 2.14. The average molecular weight is 254 g/mol. The highest BCUT2D eigenvalue weighted by atomic mass is 32.1. The largest absolute Gasteiger partial charge is 0.481 e. The van der Waals surface area contributed by atoms with Gasteiger partial charge in [0.1, 0.15) is 0 Å². The van der Waals surface area contributed by atoms with Crippen molar-refractivity contribution in [3.63, 3.8) is 0 Å². The Bertz CT molecular complexity index is 365. The van der Waals surface area contributed by atoms with Gasteiger partial charge in [-0.15, -0.1) is 0 Å². The summed E-state index contributed by atoms with van der Waals surface area (Å²) in [5.41, 5.74) is 1.23. The highest BCUT2D eigenvalue weighted by molar-refractivity contribution is 7.80. The molecule has 0 heterocycles. The van der Waals surface area contributed by atoms with Gasteiger partial charge >= 0.3 is 5.97 Å². The summed E-state index contributed by atoms with van der Waals surface area (Å²) in [6.45, 7) is 0. The molecule has 1 unspecified atom stereocenters. The van der Waals surface area contributed by atoms with E-state index >= 15 is 0 Å². The second-order valence-corrected chi connectivity index (χ2v) is 4.97. The number of thiol groups is 1. The van der Waals surface area contributed by atoms with Gasteiger partial charge in [-0.25, -0.2) is 0 Å². The molecule has 0 amide bonds. The van der Waals surface area contributed by atoms with Crippen molar-refractivity contribution in [2.24, 2.45) is 0 Å². The summed E-state index contributed by atoms with van der Waals surface area (Å²) >= 11 is 4.52. The number of unbranched alkanes of at least 4 members (excludes halogenated alkanes) is 1. The van der Waals surface area contributed by atoms with Crippen LogP contribution in [0, 0.1) is 0 Å². The quantitative estimate of drug-likeness (QED) is 0.550. The van der Waals surface area contributed by atoms with Crippen LogP contribution in [0.1, 0.15) is 39.0 Å². The van der Waals surface area contributed by atoms with Crippen LogP contribution in [0.5, 0.6) is 0 Å². The van der Waals surface area contributed by atoms with E-state index in [4.69, 9.17) is 6.48 Å². The van der Waals surface area contributed by atoms with Crippen molar-refractivity contribution < 1.29 is 11.3 Å².